The third kappa shape index (κ3) is 4.51. The average Bonchev–Trinajstić information content (AvgIpc) is 2.52. The predicted octanol–water partition coefficient (Wildman–Crippen LogP) is 4.97. The van der Waals surface area contributed by atoms with Crippen LogP contribution >= 0.6 is 23.4 Å². The molecule has 0 aliphatic carbocycles. The highest BCUT2D eigenvalue weighted by Gasteiger charge is 2.09. The van der Waals surface area contributed by atoms with Gasteiger partial charge < -0.3 is 4.74 Å². The summed E-state index contributed by atoms with van der Waals surface area (Å²) < 4.78 is 4.65. The molecule has 0 saturated heterocycles. The van der Waals surface area contributed by atoms with Crippen LogP contribution in [0.1, 0.15) is 17.7 Å². The van der Waals surface area contributed by atoms with Crippen molar-refractivity contribution in [3.05, 3.63) is 59.1 Å². The van der Waals surface area contributed by atoms with Gasteiger partial charge in [0.05, 0.1) is 12.9 Å². The Morgan fingerprint density at radius 2 is 1.90 bits per heavy atom. The van der Waals surface area contributed by atoms with Crippen molar-refractivity contribution in [2.45, 2.75) is 12.2 Å². The van der Waals surface area contributed by atoms with Crippen molar-refractivity contribution in [1.82, 2.24) is 0 Å². The van der Waals surface area contributed by atoms with Crippen molar-refractivity contribution in [1.29, 1.82) is 0 Å². The van der Waals surface area contributed by atoms with E-state index in [4.69, 9.17) is 11.6 Å². The Kier molecular flexibility index (Phi) is 5.71. The molecule has 1 atom stereocenters. The van der Waals surface area contributed by atoms with Gasteiger partial charge in [-0.15, -0.1) is 11.8 Å². The number of carbonyl (C=O) groups excluding carboxylic acids is 1. The summed E-state index contributed by atoms with van der Waals surface area (Å²) in [5.41, 5.74) is 3.42. The molecule has 0 aromatic heterocycles. The summed E-state index contributed by atoms with van der Waals surface area (Å²) in [4.78, 5) is 11.2. The summed E-state index contributed by atoms with van der Waals surface area (Å²) in [5, 5.41) is 0.982. The van der Waals surface area contributed by atoms with Gasteiger partial charge in [-0.3, -0.25) is 4.79 Å². The highest BCUT2D eigenvalue weighted by atomic mass is 35.5. The van der Waals surface area contributed by atoms with E-state index in [-0.39, 0.29) is 11.2 Å². The second-order valence-electron chi connectivity index (χ2n) is 4.66. The van der Waals surface area contributed by atoms with Gasteiger partial charge in [0, 0.05) is 10.3 Å². The minimum Gasteiger partial charge on any atom is -0.468 e. The zero-order chi connectivity index (χ0) is 15.2. The van der Waals surface area contributed by atoms with Gasteiger partial charge in [0.2, 0.25) is 0 Å². The third-order valence-corrected chi connectivity index (χ3v) is 4.63. The Hall–Kier alpha value is -1.45. The summed E-state index contributed by atoms with van der Waals surface area (Å²) >= 11 is 7.58. The van der Waals surface area contributed by atoms with Crippen LogP contribution < -0.4 is 0 Å². The first-order valence-electron chi connectivity index (χ1n) is 6.64. The Morgan fingerprint density at radius 1 is 1.19 bits per heavy atom. The molecule has 2 aromatic rings. The van der Waals surface area contributed by atoms with Crippen LogP contribution in [0.2, 0.25) is 5.02 Å². The van der Waals surface area contributed by atoms with Gasteiger partial charge in [0.25, 0.3) is 0 Å². The SMILES string of the molecule is COC(=O)CSC(C)c1ccc(-c2cccc(Cl)c2)cc1. The maximum Gasteiger partial charge on any atom is 0.315 e. The first kappa shape index (κ1) is 15.9. The van der Waals surface area contributed by atoms with E-state index in [2.05, 4.69) is 35.9 Å². The molecule has 0 bridgehead atoms. The molecular formula is C17H17ClO2S. The van der Waals surface area contributed by atoms with E-state index in [1.807, 2.05) is 24.3 Å². The lowest BCUT2D eigenvalue weighted by atomic mass is 10.0. The number of rotatable bonds is 5. The first-order valence-corrected chi connectivity index (χ1v) is 8.07. The van der Waals surface area contributed by atoms with Crippen LogP contribution in [0.3, 0.4) is 0 Å². The molecule has 0 fully saturated rings. The molecule has 2 aromatic carbocycles. The van der Waals surface area contributed by atoms with Crippen LogP contribution in [-0.4, -0.2) is 18.8 Å². The molecule has 0 amide bonds. The fourth-order valence-electron chi connectivity index (χ4n) is 1.96. The smallest absolute Gasteiger partial charge is 0.315 e. The van der Waals surface area contributed by atoms with Gasteiger partial charge in [-0.1, -0.05) is 48.0 Å². The van der Waals surface area contributed by atoms with Crippen molar-refractivity contribution in [3.63, 3.8) is 0 Å². The number of methoxy groups -OCH3 is 1. The summed E-state index contributed by atoms with van der Waals surface area (Å²) in [7, 11) is 1.41. The molecule has 4 heteroatoms. The van der Waals surface area contributed by atoms with Crippen LogP contribution in [0.25, 0.3) is 11.1 Å². The minimum absolute atomic E-state index is 0.192. The minimum atomic E-state index is -0.192. The van der Waals surface area contributed by atoms with Gasteiger partial charge in [-0.2, -0.15) is 0 Å². The standard InChI is InChI=1S/C17H17ClO2S/c1-12(21-11-17(19)20-2)13-6-8-14(9-7-13)15-4-3-5-16(18)10-15/h3-10,12H,11H2,1-2H3. The Morgan fingerprint density at radius 3 is 2.52 bits per heavy atom. The average molecular weight is 321 g/mol. The highest BCUT2D eigenvalue weighted by molar-refractivity contribution is 8.00. The van der Waals surface area contributed by atoms with E-state index in [0.29, 0.717) is 5.75 Å². The lowest BCUT2D eigenvalue weighted by Gasteiger charge is -2.12. The van der Waals surface area contributed by atoms with Crippen LogP contribution in [-0.2, 0) is 9.53 Å². The lowest BCUT2D eigenvalue weighted by molar-refractivity contribution is -0.137. The molecule has 2 nitrogen and oxygen atoms in total. The number of hydrogen-bond donors (Lipinski definition) is 0. The van der Waals surface area contributed by atoms with E-state index >= 15 is 0 Å². The van der Waals surface area contributed by atoms with Crippen molar-refractivity contribution in [3.8, 4) is 11.1 Å². The van der Waals surface area contributed by atoms with Crippen molar-refractivity contribution in [2.75, 3.05) is 12.9 Å². The number of esters is 1. The van der Waals surface area contributed by atoms with E-state index in [9.17, 15) is 4.79 Å². The first-order chi connectivity index (χ1) is 10.1. The molecule has 21 heavy (non-hydrogen) atoms. The zero-order valence-electron chi connectivity index (χ0n) is 12.0. The number of thioether (sulfide) groups is 1. The molecular weight excluding hydrogens is 304 g/mol. The molecule has 0 saturated carbocycles. The van der Waals surface area contributed by atoms with Gasteiger partial charge in [0.1, 0.15) is 0 Å². The van der Waals surface area contributed by atoms with Crippen LogP contribution in [0.4, 0.5) is 0 Å². The fourth-order valence-corrected chi connectivity index (χ4v) is 3.01. The van der Waals surface area contributed by atoms with Crippen molar-refractivity contribution >= 4 is 29.3 Å². The second kappa shape index (κ2) is 7.53. The molecule has 110 valence electrons. The Bertz CT molecular complexity index is 610. The quantitative estimate of drug-likeness (QED) is 0.727. The van der Waals surface area contributed by atoms with Crippen molar-refractivity contribution < 1.29 is 9.53 Å². The largest absolute Gasteiger partial charge is 0.468 e. The fraction of sp³-hybridized carbons (Fsp3) is 0.235. The molecule has 0 spiro atoms. The lowest BCUT2D eigenvalue weighted by Crippen LogP contribution is -2.04. The zero-order valence-corrected chi connectivity index (χ0v) is 13.6. The predicted molar refractivity (Wildman–Crippen MR) is 89.8 cm³/mol. The summed E-state index contributed by atoms with van der Waals surface area (Å²) in [6.07, 6.45) is 0. The molecule has 2 rings (SSSR count). The molecule has 1 unspecified atom stereocenters. The number of halogens is 1. The van der Waals surface area contributed by atoms with Crippen molar-refractivity contribution in [2.24, 2.45) is 0 Å². The summed E-state index contributed by atoms with van der Waals surface area (Å²) in [6.45, 7) is 2.09. The summed E-state index contributed by atoms with van der Waals surface area (Å²) in [6, 6.07) is 16.1. The van der Waals surface area contributed by atoms with E-state index in [1.54, 1.807) is 11.8 Å². The van der Waals surface area contributed by atoms with Crippen LogP contribution in [0, 0.1) is 0 Å². The Labute approximate surface area is 134 Å². The van der Waals surface area contributed by atoms with Gasteiger partial charge in [-0.25, -0.2) is 0 Å². The number of carbonyl (C=O) groups is 1. The summed E-state index contributed by atoms with van der Waals surface area (Å²) in [5.74, 6) is 0.177. The van der Waals surface area contributed by atoms with Crippen LogP contribution in [0.15, 0.2) is 48.5 Å². The van der Waals surface area contributed by atoms with E-state index < -0.39 is 0 Å². The molecule has 0 N–H and O–H groups in total. The topological polar surface area (TPSA) is 26.3 Å². The normalized spacial score (nSPS) is 12.0. The second-order valence-corrected chi connectivity index (χ2v) is 6.43. The molecule has 0 aliphatic heterocycles. The highest BCUT2D eigenvalue weighted by Crippen LogP contribution is 2.30. The number of benzene rings is 2. The maximum absolute atomic E-state index is 11.2. The monoisotopic (exact) mass is 320 g/mol. The van der Waals surface area contributed by atoms with Gasteiger partial charge in [-0.05, 0) is 35.7 Å². The number of hydrogen-bond acceptors (Lipinski definition) is 3. The third-order valence-electron chi connectivity index (χ3n) is 3.22. The molecule has 0 radical (unpaired) electrons. The van der Waals surface area contributed by atoms with E-state index in [1.165, 1.54) is 12.7 Å². The molecule has 0 aliphatic rings. The number of ether oxygens (including phenoxy) is 1. The van der Waals surface area contributed by atoms with Gasteiger partial charge in [0.15, 0.2) is 0 Å². The molecule has 0 heterocycles. The Balaban J connectivity index is 2.06. The maximum atomic E-state index is 11.2. The van der Waals surface area contributed by atoms with E-state index in [0.717, 1.165) is 16.1 Å². The van der Waals surface area contributed by atoms with Gasteiger partial charge >= 0.3 is 5.97 Å². The van der Waals surface area contributed by atoms with Crippen LogP contribution in [0.5, 0.6) is 0 Å².